The van der Waals surface area contributed by atoms with Crippen LogP contribution in [-0.2, 0) is 0 Å². The van der Waals surface area contributed by atoms with Crippen LogP contribution in [0.2, 0.25) is 0 Å². The number of nitrogens with zero attached hydrogens (tertiary/aromatic N) is 1. The summed E-state index contributed by atoms with van der Waals surface area (Å²) in [6.07, 6.45) is 0. The van der Waals surface area contributed by atoms with Crippen molar-refractivity contribution in [2.24, 2.45) is 0 Å². The molecule has 1 aromatic heterocycles. The van der Waals surface area contributed by atoms with Gasteiger partial charge in [-0.25, -0.2) is 4.98 Å². The first kappa shape index (κ1) is 13.5. The van der Waals surface area contributed by atoms with E-state index in [-0.39, 0.29) is 5.75 Å². The molecule has 0 radical (unpaired) electrons. The van der Waals surface area contributed by atoms with Crippen LogP contribution >= 0.6 is 0 Å². The number of aromatic hydroxyl groups is 1. The Balaban J connectivity index is 2.01. The van der Waals surface area contributed by atoms with E-state index in [1.54, 1.807) is 12.1 Å². The molecule has 0 saturated carbocycles. The molecule has 0 amide bonds. The molecule has 0 aliphatic rings. The summed E-state index contributed by atoms with van der Waals surface area (Å²) in [6, 6.07) is 27.8. The molecular formula is C21H15NO. The summed E-state index contributed by atoms with van der Waals surface area (Å²) in [5.41, 5.74) is 5.03. The number of rotatable bonds is 2. The number of hydrogen-bond donors (Lipinski definition) is 1. The van der Waals surface area contributed by atoms with Crippen molar-refractivity contribution in [2.45, 2.75) is 0 Å². The van der Waals surface area contributed by atoms with E-state index in [0.29, 0.717) is 0 Å². The van der Waals surface area contributed by atoms with Gasteiger partial charge < -0.3 is 5.11 Å². The molecule has 110 valence electrons. The molecule has 0 spiro atoms. The Morgan fingerprint density at radius 1 is 0.652 bits per heavy atom. The van der Waals surface area contributed by atoms with Crippen molar-refractivity contribution in [2.75, 3.05) is 0 Å². The van der Waals surface area contributed by atoms with Crippen molar-refractivity contribution >= 4 is 10.9 Å². The predicted molar refractivity (Wildman–Crippen MR) is 94.3 cm³/mol. The predicted octanol–water partition coefficient (Wildman–Crippen LogP) is 5.27. The van der Waals surface area contributed by atoms with Gasteiger partial charge in [0.25, 0.3) is 0 Å². The maximum atomic E-state index is 9.75. The van der Waals surface area contributed by atoms with E-state index in [1.807, 2.05) is 48.5 Å². The van der Waals surface area contributed by atoms with Crippen molar-refractivity contribution in [3.63, 3.8) is 0 Å². The second kappa shape index (κ2) is 5.58. The Morgan fingerprint density at radius 3 is 2.22 bits per heavy atom. The Kier molecular flexibility index (Phi) is 3.28. The fraction of sp³-hybridized carbons (Fsp3) is 0. The smallest absolute Gasteiger partial charge is 0.116 e. The van der Waals surface area contributed by atoms with Crippen LogP contribution in [0.3, 0.4) is 0 Å². The first-order chi connectivity index (χ1) is 11.3. The minimum atomic E-state index is 0.249. The molecule has 0 saturated heterocycles. The molecule has 0 bridgehead atoms. The fourth-order valence-electron chi connectivity index (χ4n) is 2.85. The Labute approximate surface area is 134 Å². The van der Waals surface area contributed by atoms with Crippen molar-refractivity contribution in [1.29, 1.82) is 0 Å². The summed E-state index contributed by atoms with van der Waals surface area (Å²) in [6.45, 7) is 0. The number of benzene rings is 3. The highest BCUT2D eigenvalue weighted by molar-refractivity contribution is 5.96. The zero-order valence-electron chi connectivity index (χ0n) is 12.5. The number of hydrogen-bond acceptors (Lipinski definition) is 2. The van der Waals surface area contributed by atoms with E-state index in [0.717, 1.165) is 33.3 Å². The number of phenols is 1. The van der Waals surface area contributed by atoms with Gasteiger partial charge in [0.1, 0.15) is 5.75 Å². The Morgan fingerprint density at radius 2 is 1.39 bits per heavy atom. The van der Waals surface area contributed by atoms with Crippen LogP contribution in [0.5, 0.6) is 5.75 Å². The molecule has 0 fully saturated rings. The second-order valence-electron chi connectivity index (χ2n) is 5.49. The molecule has 0 aliphatic heterocycles. The zero-order valence-corrected chi connectivity index (χ0v) is 12.5. The number of fused-ring (bicyclic) bond motifs is 1. The standard InChI is InChI=1S/C21H15NO/c23-17-10-6-9-16(13-17)21-14-19(15-7-2-1-3-8-15)18-11-4-5-12-20(18)22-21/h1-14,23H. The molecule has 3 aromatic carbocycles. The minimum absolute atomic E-state index is 0.249. The quantitative estimate of drug-likeness (QED) is 0.546. The second-order valence-corrected chi connectivity index (χ2v) is 5.49. The van der Waals surface area contributed by atoms with E-state index in [9.17, 15) is 5.11 Å². The topological polar surface area (TPSA) is 33.1 Å². The zero-order chi connectivity index (χ0) is 15.6. The highest BCUT2D eigenvalue weighted by atomic mass is 16.3. The highest BCUT2D eigenvalue weighted by Gasteiger charge is 2.09. The van der Waals surface area contributed by atoms with Gasteiger partial charge in [-0.3, -0.25) is 0 Å². The van der Waals surface area contributed by atoms with Crippen LogP contribution < -0.4 is 0 Å². The number of para-hydroxylation sites is 1. The number of phenolic OH excluding ortho intramolecular Hbond substituents is 1. The third-order valence-corrected chi connectivity index (χ3v) is 3.94. The van der Waals surface area contributed by atoms with E-state index in [1.165, 1.54) is 0 Å². The average molecular weight is 297 g/mol. The molecule has 1 N–H and O–H groups in total. The summed E-state index contributed by atoms with van der Waals surface area (Å²) < 4.78 is 0. The van der Waals surface area contributed by atoms with E-state index < -0.39 is 0 Å². The lowest BCUT2D eigenvalue weighted by atomic mass is 9.98. The van der Waals surface area contributed by atoms with Gasteiger partial charge >= 0.3 is 0 Å². The van der Waals surface area contributed by atoms with Crippen molar-refractivity contribution in [3.05, 3.63) is 84.9 Å². The van der Waals surface area contributed by atoms with Crippen LogP contribution in [0.4, 0.5) is 0 Å². The molecular weight excluding hydrogens is 282 g/mol. The monoisotopic (exact) mass is 297 g/mol. The van der Waals surface area contributed by atoms with Gasteiger partial charge in [0.15, 0.2) is 0 Å². The lowest BCUT2D eigenvalue weighted by molar-refractivity contribution is 0.475. The average Bonchev–Trinajstić information content (AvgIpc) is 2.61. The van der Waals surface area contributed by atoms with Crippen LogP contribution in [0.25, 0.3) is 33.3 Å². The van der Waals surface area contributed by atoms with Gasteiger partial charge in [0.05, 0.1) is 11.2 Å². The van der Waals surface area contributed by atoms with E-state index in [2.05, 4.69) is 24.3 Å². The fourth-order valence-corrected chi connectivity index (χ4v) is 2.85. The SMILES string of the molecule is Oc1cccc(-c2cc(-c3ccccc3)c3ccccc3n2)c1. The van der Waals surface area contributed by atoms with Crippen LogP contribution in [-0.4, -0.2) is 10.1 Å². The summed E-state index contributed by atoms with van der Waals surface area (Å²) in [5.74, 6) is 0.249. The van der Waals surface area contributed by atoms with Gasteiger partial charge in [0.2, 0.25) is 0 Å². The molecule has 4 aromatic rings. The first-order valence-electron chi connectivity index (χ1n) is 7.56. The Bertz CT molecular complexity index is 977. The van der Waals surface area contributed by atoms with Crippen LogP contribution in [0.1, 0.15) is 0 Å². The lowest BCUT2D eigenvalue weighted by Gasteiger charge is -2.10. The van der Waals surface area contributed by atoms with Gasteiger partial charge in [-0.15, -0.1) is 0 Å². The van der Waals surface area contributed by atoms with Crippen molar-refractivity contribution < 1.29 is 5.11 Å². The van der Waals surface area contributed by atoms with Gasteiger partial charge in [-0.1, -0.05) is 60.7 Å². The maximum Gasteiger partial charge on any atom is 0.116 e. The molecule has 2 nitrogen and oxygen atoms in total. The summed E-state index contributed by atoms with van der Waals surface area (Å²) >= 11 is 0. The van der Waals surface area contributed by atoms with Crippen LogP contribution in [0.15, 0.2) is 84.9 Å². The largest absolute Gasteiger partial charge is 0.508 e. The molecule has 1 heterocycles. The molecule has 23 heavy (non-hydrogen) atoms. The summed E-state index contributed by atoms with van der Waals surface area (Å²) in [4.78, 5) is 4.76. The van der Waals surface area contributed by atoms with Gasteiger partial charge in [0, 0.05) is 10.9 Å². The van der Waals surface area contributed by atoms with E-state index >= 15 is 0 Å². The number of aromatic nitrogens is 1. The maximum absolute atomic E-state index is 9.75. The molecule has 0 aliphatic carbocycles. The molecule has 0 atom stereocenters. The van der Waals surface area contributed by atoms with Crippen molar-refractivity contribution in [1.82, 2.24) is 4.98 Å². The van der Waals surface area contributed by atoms with Crippen molar-refractivity contribution in [3.8, 4) is 28.1 Å². The summed E-state index contributed by atoms with van der Waals surface area (Å²) in [5, 5.41) is 10.9. The summed E-state index contributed by atoms with van der Waals surface area (Å²) in [7, 11) is 0. The third kappa shape index (κ3) is 2.55. The van der Waals surface area contributed by atoms with Gasteiger partial charge in [-0.05, 0) is 35.4 Å². The molecule has 2 heteroatoms. The normalized spacial score (nSPS) is 10.8. The first-order valence-corrected chi connectivity index (χ1v) is 7.56. The minimum Gasteiger partial charge on any atom is -0.508 e. The Hall–Kier alpha value is -3.13. The van der Waals surface area contributed by atoms with Gasteiger partial charge in [-0.2, -0.15) is 0 Å². The third-order valence-electron chi connectivity index (χ3n) is 3.94. The lowest BCUT2D eigenvalue weighted by Crippen LogP contribution is -1.89. The highest BCUT2D eigenvalue weighted by Crippen LogP contribution is 2.32. The van der Waals surface area contributed by atoms with E-state index in [4.69, 9.17) is 4.98 Å². The molecule has 0 unspecified atom stereocenters. The number of pyridine rings is 1. The van der Waals surface area contributed by atoms with Crippen LogP contribution in [0, 0.1) is 0 Å². The molecule has 4 rings (SSSR count).